The van der Waals surface area contributed by atoms with Crippen LogP contribution in [0.4, 0.5) is 21.5 Å². The molecule has 0 aliphatic rings. The second kappa shape index (κ2) is 14.6. The fourth-order valence-electron chi connectivity index (χ4n) is 8.09. The van der Waals surface area contributed by atoms with Crippen molar-refractivity contribution in [2.45, 2.75) is 0 Å². The molecule has 10 aromatic rings. The maximum absolute atomic E-state index is 14.0. The minimum atomic E-state index is -0.241. The van der Waals surface area contributed by atoms with Crippen LogP contribution in [0, 0.1) is 5.82 Å². The first kappa shape index (κ1) is 34.0. The van der Waals surface area contributed by atoms with E-state index in [1.54, 1.807) is 0 Å². The minimum Gasteiger partial charge on any atom is -0.311 e. The number of hydrogen-bond donors (Lipinski definition) is 0. The van der Waals surface area contributed by atoms with Gasteiger partial charge in [0, 0.05) is 39.1 Å². The molecule has 0 aliphatic heterocycles. The van der Waals surface area contributed by atoms with Gasteiger partial charge in [-0.15, -0.1) is 0 Å². The van der Waals surface area contributed by atoms with E-state index < -0.39 is 0 Å². The van der Waals surface area contributed by atoms with Crippen LogP contribution in [0.2, 0.25) is 0 Å². The summed E-state index contributed by atoms with van der Waals surface area (Å²) < 4.78 is 16.4. The average molecular weight is 733 g/mol. The predicted molar refractivity (Wildman–Crippen MR) is 237 cm³/mol. The molecule has 0 amide bonds. The van der Waals surface area contributed by atoms with E-state index in [-0.39, 0.29) is 5.82 Å². The predicted octanol–water partition coefficient (Wildman–Crippen LogP) is 15.1. The summed E-state index contributed by atoms with van der Waals surface area (Å²) in [6.45, 7) is 0. The van der Waals surface area contributed by atoms with Gasteiger partial charge in [-0.25, -0.2) is 4.39 Å². The van der Waals surface area contributed by atoms with Gasteiger partial charge in [0.15, 0.2) is 0 Å². The van der Waals surface area contributed by atoms with Crippen molar-refractivity contribution in [2.24, 2.45) is 0 Å². The Hall–Kier alpha value is -7.49. The molecule has 0 saturated heterocycles. The number of rotatable bonds is 8. The number of benzene rings is 9. The first-order valence-corrected chi connectivity index (χ1v) is 19.3. The molecule has 0 spiro atoms. The molecule has 0 bridgehead atoms. The molecule has 0 unspecified atom stereocenters. The molecular weight excluding hydrogens is 696 g/mol. The van der Waals surface area contributed by atoms with Gasteiger partial charge >= 0.3 is 0 Å². The van der Waals surface area contributed by atoms with E-state index in [9.17, 15) is 4.39 Å². The molecule has 10 rings (SSSR count). The van der Waals surface area contributed by atoms with Crippen molar-refractivity contribution in [3.8, 4) is 50.2 Å². The van der Waals surface area contributed by atoms with Crippen molar-refractivity contribution >= 4 is 38.9 Å². The summed E-state index contributed by atoms with van der Waals surface area (Å²) in [5.74, 6) is -0.241. The van der Waals surface area contributed by atoms with Crippen LogP contribution < -0.4 is 4.90 Å². The van der Waals surface area contributed by atoms with Gasteiger partial charge in [-0.1, -0.05) is 158 Å². The van der Waals surface area contributed by atoms with Crippen molar-refractivity contribution in [3.05, 3.63) is 230 Å². The summed E-state index contributed by atoms with van der Waals surface area (Å²) in [6.07, 6.45) is 0. The molecule has 1 heterocycles. The SMILES string of the molecule is Fc1ccc(-c2cccc3c4ccccc4n(-c4cccc(-c5ccc(N(c6ccc(-c7ccccc7)cc6)c6ccc(-c7ccccc7)cc6)cc5)c4)c23)cc1. The highest BCUT2D eigenvalue weighted by Gasteiger charge is 2.18. The number of aromatic nitrogens is 1. The van der Waals surface area contributed by atoms with Crippen LogP contribution in [0.1, 0.15) is 0 Å². The molecule has 270 valence electrons. The van der Waals surface area contributed by atoms with Gasteiger partial charge < -0.3 is 9.47 Å². The molecule has 0 saturated carbocycles. The summed E-state index contributed by atoms with van der Waals surface area (Å²) in [4.78, 5) is 2.32. The van der Waals surface area contributed by atoms with E-state index in [4.69, 9.17) is 0 Å². The van der Waals surface area contributed by atoms with Crippen molar-refractivity contribution in [1.29, 1.82) is 0 Å². The number of fused-ring (bicyclic) bond motifs is 3. The summed E-state index contributed by atoms with van der Waals surface area (Å²) in [5.41, 5.74) is 15.6. The number of halogens is 1. The highest BCUT2D eigenvalue weighted by molar-refractivity contribution is 6.13. The van der Waals surface area contributed by atoms with Gasteiger partial charge in [-0.2, -0.15) is 0 Å². The number of anilines is 3. The zero-order valence-corrected chi connectivity index (χ0v) is 31.1. The maximum atomic E-state index is 14.0. The second-order valence-electron chi connectivity index (χ2n) is 14.3. The quantitative estimate of drug-likeness (QED) is 0.151. The van der Waals surface area contributed by atoms with Gasteiger partial charge in [0.2, 0.25) is 0 Å². The Labute approximate surface area is 332 Å². The van der Waals surface area contributed by atoms with Gasteiger partial charge in [-0.3, -0.25) is 0 Å². The smallest absolute Gasteiger partial charge is 0.123 e. The molecule has 0 fully saturated rings. The van der Waals surface area contributed by atoms with Crippen LogP contribution >= 0.6 is 0 Å². The lowest BCUT2D eigenvalue weighted by Gasteiger charge is -2.26. The third kappa shape index (κ3) is 6.45. The highest BCUT2D eigenvalue weighted by atomic mass is 19.1. The van der Waals surface area contributed by atoms with Crippen LogP contribution in [-0.4, -0.2) is 4.57 Å². The largest absolute Gasteiger partial charge is 0.311 e. The van der Waals surface area contributed by atoms with Crippen LogP contribution in [-0.2, 0) is 0 Å². The standard InChI is InChI=1S/C54H37FN2/c55-45-29-21-43(22-30-45)50-18-10-19-52-51-17-7-8-20-53(51)57(54(50)52)49-16-9-15-44(37-49)42-27-35-48(36-28-42)56(46-31-23-40(24-32-46)38-11-3-1-4-12-38)47-33-25-41(26-34-47)39-13-5-2-6-14-39/h1-37H. The Balaban J connectivity index is 1.04. The molecule has 0 aliphatic carbocycles. The fraction of sp³-hybridized carbons (Fsp3) is 0. The average Bonchev–Trinajstić information content (AvgIpc) is 3.63. The maximum Gasteiger partial charge on any atom is 0.123 e. The van der Waals surface area contributed by atoms with E-state index in [1.807, 2.05) is 12.1 Å². The van der Waals surface area contributed by atoms with Crippen LogP contribution in [0.25, 0.3) is 72.0 Å². The molecule has 2 nitrogen and oxygen atoms in total. The van der Waals surface area contributed by atoms with E-state index >= 15 is 0 Å². The molecular formula is C54H37FN2. The van der Waals surface area contributed by atoms with Crippen LogP contribution in [0.5, 0.6) is 0 Å². The van der Waals surface area contributed by atoms with Gasteiger partial charge in [0.05, 0.1) is 11.0 Å². The number of hydrogen-bond acceptors (Lipinski definition) is 1. The molecule has 9 aromatic carbocycles. The second-order valence-corrected chi connectivity index (χ2v) is 14.3. The normalized spacial score (nSPS) is 11.2. The summed E-state index contributed by atoms with van der Waals surface area (Å²) >= 11 is 0. The van der Waals surface area contributed by atoms with Gasteiger partial charge in [0.25, 0.3) is 0 Å². The van der Waals surface area contributed by atoms with Crippen molar-refractivity contribution in [2.75, 3.05) is 4.90 Å². The zero-order valence-electron chi connectivity index (χ0n) is 31.1. The Kier molecular flexibility index (Phi) is 8.74. The topological polar surface area (TPSA) is 8.17 Å². The summed E-state index contributed by atoms with van der Waals surface area (Å²) in [5, 5.41) is 2.34. The number of nitrogens with zero attached hydrogens (tertiary/aromatic N) is 2. The highest BCUT2D eigenvalue weighted by Crippen LogP contribution is 2.40. The van der Waals surface area contributed by atoms with Crippen LogP contribution in [0.15, 0.2) is 224 Å². The number of para-hydroxylation sites is 2. The van der Waals surface area contributed by atoms with Crippen LogP contribution in [0.3, 0.4) is 0 Å². The Bertz CT molecular complexity index is 2880. The van der Waals surface area contributed by atoms with Gasteiger partial charge in [-0.05, 0) is 106 Å². The van der Waals surface area contributed by atoms with Crippen molar-refractivity contribution in [1.82, 2.24) is 4.57 Å². The molecule has 1 aromatic heterocycles. The third-order valence-electron chi connectivity index (χ3n) is 10.9. The molecule has 0 radical (unpaired) electrons. The van der Waals surface area contributed by atoms with Crippen molar-refractivity contribution in [3.63, 3.8) is 0 Å². The monoisotopic (exact) mass is 732 g/mol. The first-order chi connectivity index (χ1) is 28.2. The fourth-order valence-corrected chi connectivity index (χ4v) is 8.09. The molecule has 0 atom stereocenters. The van der Waals surface area contributed by atoms with Crippen molar-refractivity contribution < 1.29 is 4.39 Å². The van der Waals surface area contributed by atoms with E-state index in [0.717, 1.165) is 61.4 Å². The van der Waals surface area contributed by atoms with E-state index in [1.165, 1.54) is 39.8 Å². The van der Waals surface area contributed by atoms with E-state index in [0.29, 0.717) is 0 Å². The lowest BCUT2D eigenvalue weighted by atomic mass is 10.0. The Morgan fingerprint density at radius 3 is 1.35 bits per heavy atom. The lowest BCUT2D eigenvalue weighted by Crippen LogP contribution is -2.09. The molecule has 3 heteroatoms. The molecule has 57 heavy (non-hydrogen) atoms. The van der Waals surface area contributed by atoms with Gasteiger partial charge in [0.1, 0.15) is 5.82 Å². The summed E-state index contributed by atoms with van der Waals surface area (Å²) in [6, 6.07) is 78.0. The minimum absolute atomic E-state index is 0.241. The Morgan fingerprint density at radius 2 is 0.772 bits per heavy atom. The summed E-state index contributed by atoms with van der Waals surface area (Å²) in [7, 11) is 0. The molecule has 0 N–H and O–H groups in total. The Morgan fingerprint density at radius 1 is 0.333 bits per heavy atom. The van der Waals surface area contributed by atoms with E-state index in [2.05, 4.69) is 210 Å². The lowest BCUT2D eigenvalue weighted by molar-refractivity contribution is 0.628. The third-order valence-corrected chi connectivity index (χ3v) is 10.9. The first-order valence-electron chi connectivity index (χ1n) is 19.3. The zero-order chi connectivity index (χ0) is 38.1.